The van der Waals surface area contributed by atoms with E-state index in [0.717, 1.165) is 45.2 Å². The largest absolute Gasteiger partial charge is 0.371 e. The first-order valence-electron chi connectivity index (χ1n) is 11.0. The number of anilines is 2. The number of nitrogens with two attached hydrogens (primary N) is 1. The Morgan fingerprint density at radius 3 is 2.15 bits per heavy atom. The Hall–Kier alpha value is -2.47. The molecule has 0 aliphatic carbocycles. The van der Waals surface area contributed by atoms with E-state index in [4.69, 9.17) is 5.14 Å². The first kappa shape index (κ1) is 23.7. The van der Waals surface area contributed by atoms with Gasteiger partial charge in [0.15, 0.2) is 0 Å². The van der Waals surface area contributed by atoms with Crippen LogP contribution in [-0.2, 0) is 20.0 Å². The summed E-state index contributed by atoms with van der Waals surface area (Å²) < 4.78 is 51.2. The van der Waals surface area contributed by atoms with Gasteiger partial charge < -0.3 is 10.2 Å². The second-order valence-corrected chi connectivity index (χ2v) is 11.9. The quantitative estimate of drug-likeness (QED) is 0.637. The maximum Gasteiger partial charge on any atom is 0.257 e. The standard InChI is InChI=1S/C22H28N4O5S2/c23-32(28,29)18-8-6-7-17(15-18)24-22(27)20-16-19(9-10-21(20)25-11-4-5-12-25)33(30,31)26-13-2-1-3-14-26/h6-10,15-16H,1-5,11-14H2,(H,24,27)(H2,23,28,29). The smallest absolute Gasteiger partial charge is 0.257 e. The van der Waals surface area contributed by atoms with Gasteiger partial charge in [0.2, 0.25) is 20.0 Å². The van der Waals surface area contributed by atoms with Gasteiger partial charge in [-0.05, 0) is 62.1 Å². The number of nitrogens with one attached hydrogen (secondary N) is 1. The van der Waals surface area contributed by atoms with E-state index in [1.807, 2.05) is 0 Å². The van der Waals surface area contributed by atoms with E-state index in [1.165, 1.54) is 28.6 Å². The zero-order valence-corrected chi connectivity index (χ0v) is 19.9. The van der Waals surface area contributed by atoms with Crippen LogP contribution in [0.15, 0.2) is 52.3 Å². The van der Waals surface area contributed by atoms with Crippen LogP contribution in [-0.4, -0.2) is 53.2 Å². The van der Waals surface area contributed by atoms with E-state index in [9.17, 15) is 21.6 Å². The maximum absolute atomic E-state index is 13.3. The molecule has 9 nitrogen and oxygen atoms in total. The zero-order valence-electron chi connectivity index (χ0n) is 18.2. The van der Waals surface area contributed by atoms with Gasteiger partial charge in [-0.2, -0.15) is 4.31 Å². The molecule has 2 aliphatic rings. The Kier molecular flexibility index (Phi) is 6.76. The van der Waals surface area contributed by atoms with Crippen LogP contribution in [0.3, 0.4) is 0 Å². The molecule has 1 amide bonds. The molecule has 178 valence electrons. The van der Waals surface area contributed by atoms with Crippen LogP contribution in [0.25, 0.3) is 0 Å². The molecule has 2 heterocycles. The van der Waals surface area contributed by atoms with Crippen molar-refractivity contribution >= 4 is 37.3 Å². The summed E-state index contributed by atoms with van der Waals surface area (Å²) in [4.78, 5) is 15.3. The summed E-state index contributed by atoms with van der Waals surface area (Å²) in [6.45, 7) is 2.50. The highest BCUT2D eigenvalue weighted by Gasteiger charge is 2.29. The monoisotopic (exact) mass is 492 g/mol. The summed E-state index contributed by atoms with van der Waals surface area (Å²) in [6.07, 6.45) is 4.62. The Labute approximate surface area is 194 Å². The summed E-state index contributed by atoms with van der Waals surface area (Å²) in [6, 6.07) is 10.3. The lowest BCUT2D eigenvalue weighted by molar-refractivity contribution is 0.102. The number of carbonyl (C=O) groups is 1. The molecule has 2 aromatic rings. The molecular weight excluding hydrogens is 464 g/mol. The number of primary sulfonamides is 1. The van der Waals surface area contributed by atoms with Crippen LogP contribution >= 0.6 is 0 Å². The van der Waals surface area contributed by atoms with Gasteiger partial charge in [0.05, 0.1) is 15.4 Å². The minimum absolute atomic E-state index is 0.0794. The van der Waals surface area contributed by atoms with Gasteiger partial charge in [-0.15, -0.1) is 0 Å². The molecule has 2 saturated heterocycles. The molecule has 0 bridgehead atoms. The average Bonchev–Trinajstić information content (AvgIpc) is 3.34. The molecule has 33 heavy (non-hydrogen) atoms. The zero-order chi connectivity index (χ0) is 23.6. The minimum Gasteiger partial charge on any atom is -0.371 e. The molecule has 0 radical (unpaired) electrons. The van der Waals surface area contributed by atoms with E-state index in [2.05, 4.69) is 10.2 Å². The third-order valence-corrected chi connectivity index (χ3v) is 8.84. The van der Waals surface area contributed by atoms with Crippen molar-refractivity contribution in [2.45, 2.75) is 41.9 Å². The summed E-state index contributed by atoms with van der Waals surface area (Å²) in [5, 5.41) is 7.89. The number of rotatable bonds is 6. The van der Waals surface area contributed by atoms with E-state index in [-0.39, 0.29) is 21.0 Å². The van der Waals surface area contributed by atoms with Crippen molar-refractivity contribution in [3.8, 4) is 0 Å². The minimum atomic E-state index is -3.93. The van der Waals surface area contributed by atoms with Gasteiger partial charge in [0, 0.05) is 37.6 Å². The normalized spacial score (nSPS) is 17.8. The fourth-order valence-electron chi connectivity index (χ4n) is 4.29. The lowest BCUT2D eigenvalue weighted by Crippen LogP contribution is -2.35. The van der Waals surface area contributed by atoms with Gasteiger partial charge in [-0.1, -0.05) is 12.5 Å². The number of hydrogen-bond donors (Lipinski definition) is 2. The molecule has 4 rings (SSSR count). The first-order valence-corrected chi connectivity index (χ1v) is 14.0. The number of benzene rings is 2. The fourth-order valence-corrected chi connectivity index (χ4v) is 6.40. The van der Waals surface area contributed by atoms with Gasteiger partial charge in [-0.25, -0.2) is 22.0 Å². The molecule has 0 unspecified atom stereocenters. The lowest BCUT2D eigenvalue weighted by atomic mass is 10.1. The lowest BCUT2D eigenvalue weighted by Gasteiger charge is -2.27. The number of hydrogen-bond acceptors (Lipinski definition) is 6. The molecule has 0 atom stereocenters. The summed E-state index contributed by atoms with van der Waals surface area (Å²) in [5.41, 5.74) is 1.14. The van der Waals surface area contributed by atoms with Crippen LogP contribution in [0.5, 0.6) is 0 Å². The Morgan fingerprint density at radius 1 is 0.818 bits per heavy atom. The van der Waals surface area contributed by atoms with Gasteiger partial charge in [-0.3, -0.25) is 4.79 Å². The first-order chi connectivity index (χ1) is 15.7. The number of carbonyl (C=O) groups excluding carboxylic acids is 1. The Bertz CT molecular complexity index is 1250. The van der Waals surface area contributed by atoms with E-state index in [0.29, 0.717) is 18.8 Å². The van der Waals surface area contributed by atoms with Crippen LogP contribution in [0.2, 0.25) is 0 Å². The summed E-state index contributed by atoms with van der Waals surface area (Å²) >= 11 is 0. The van der Waals surface area contributed by atoms with Gasteiger partial charge in [0.1, 0.15) is 0 Å². The van der Waals surface area contributed by atoms with Gasteiger partial charge >= 0.3 is 0 Å². The number of nitrogens with zero attached hydrogens (tertiary/aromatic N) is 2. The second-order valence-electron chi connectivity index (χ2n) is 8.36. The van der Waals surface area contributed by atoms with Crippen molar-refractivity contribution in [1.29, 1.82) is 0 Å². The molecule has 11 heteroatoms. The predicted octanol–water partition coefficient (Wildman–Crippen LogP) is 2.36. The third-order valence-electron chi connectivity index (χ3n) is 6.03. The highest BCUT2D eigenvalue weighted by atomic mass is 32.2. The maximum atomic E-state index is 13.3. The van der Waals surface area contributed by atoms with Gasteiger partial charge in [0.25, 0.3) is 5.91 Å². The molecule has 0 aromatic heterocycles. The summed E-state index contributed by atoms with van der Waals surface area (Å²) in [7, 11) is -7.65. The van der Waals surface area contributed by atoms with E-state index < -0.39 is 26.0 Å². The number of piperidine rings is 1. The second kappa shape index (κ2) is 9.41. The number of sulfonamides is 2. The van der Waals surface area contributed by atoms with Crippen LogP contribution in [0.4, 0.5) is 11.4 Å². The van der Waals surface area contributed by atoms with Crippen LogP contribution in [0.1, 0.15) is 42.5 Å². The van der Waals surface area contributed by atoms with E-state index in [1.54, 1.807) is 18.2 Å². The van der Waals surface area contributed by atoms with Crippen molar-refractivity contribution in [2.24, 2.45) is 5.14 Å². The average molecular weight is 493 g/mol. The SMILES string of the molecule is NS(=O)(=O)c1cccc(NC(=O)c2cc(S(=O)(=O)N3CCCCC3)ccc2N2CCCC2)c1. The Morgan fingerprint density at radius 2 is 1.48 bits per heavy atom. The van der Waals surface area contributed by atoms with Crippen molar-refractivity contribution in [2.75, 3.05) is 36.4 Å². The summed E-state index contributed by atoms with van der Waals surface area (Å²) in [5.74, 6) is -0.515. The fraction of sp³-hybridized carbons (Fsp3) is 0.409. The predicted molar refractivity (Wildman–Crippen MR) is 126 cm³/mol. The molecule has 2 aromatic carbocycles. The molecule has 2 aliphatic heterocycles. The highest BCUT2D eigenvalue weighted by molar-refractivity contribution is 7.89. The molecule has 0 saturated carbocycles. The van der Waals surface area contributed by atoms with Crippen LogP contribution < -0.4 is 15.4 Å². The van der Waals surface area contributed by atoms with Crippen molar-refractivity contribution in [3.63, 3.8) is 0 Å². The van der Waals surface area contributed by atoms with Crippen molar-refractivity contribution in [1.82, 2.24) is 4.31 Å². The molecule has 0 spiro atoms. The van der Waals surface area contributed by atoms with Crippen molar-refractivity contribution < 1.29 is 21.6 Å². The number of amides is 1. The highest BCUT2D eigenvalue weighted by Crippen LogP contribution is 2.30. The van der Waals surface area contributed by atoms with Crippen molar-refractivity contribution in [3.05, 3.63) is 48.0 Å². The molecule has 3 N–H and O–H groups in total. The van der Waals surface area contributed by atoms with Crippen LogP contribution in [0, 0.1) is 0 Å². The molecular formula is C22H28N4O5S2. The topological polar surface area (TPSA) is 130 Å². The third kappa shape index (κ3) is 5.21. The molecule has 2 fully saturated rings. The Balaban J connectivity index is 1.70. The van der Waals surface area contributed by atoms with E-state index >= 15 is 0 Å².